The molecule has 1 unspecified atom stereocenters. The van der Waals surface area contributed by atoms with E-state index >= 15 is 0 Å². The zero-order chi connectivity index (χ0) is 22.9. The third-order valence-electron chi connectivity index (χ3n) is 7.70. The molecule has 0 aliphatic carbocycles. The van der Waals surface area contributed by atoms with E-state index < -0.39 is 0 Å². The van der Waals surface area contributed by atoms with Crippen LogP contribution in [0.2, 0.25) is 0 Å². The second-order valence-corrected chi connectivity index (χ2v) is 9.55. The zero-order valence-electron chi connectivity index (χ0n) is 19.0. The number of nitrogens with two attached hydrogens (primary N) is 1. The molecule has 0 aromatic heterocycles. The molecular weight excluding hydrogens is 422 g/mol. The summed E-state index contributed by atoms with van der Waals surface area (Å²) in [6, 6.07) is 5.72. The van der Waals surface area contributed by atoms with Crippen LogP contribution in [0.1, 0.15) is 44.9 Å². The van der Waals surface area contributed by atoms with E-state index in [-0.39, 0.29) is 29.9 Å². The number of nitrogens with one attached hydrogen (secondary N) is 1. The Bertz CT molecular complexity index is 929. The Morgan fingerprint density at radius 2 is 1.79 bits per heavy atom. The molecular formula is C24H33N5O4. The summed E-state index contributed by atoms with van der Waals surface area (Å²) in [6.45, 7) is 3.69. The summed E-state index contributed by atoms with van der Waals surface area (Å²) in [7, 11) is 0. The van der Waals surface area contributed by atoms with Crippen molar-refractivity contribution < 1.29 is 19.1 Å². The number of fused-ring (bicyclic) bond motifs is 1. The van der Waals surface area contributed by atoms with Gasteiger partial charge in [0.15, 0.2) is 5.75 Å². The van der Waals surface area contributed by atoms with Gasteiger partial charge in [0.2, 0.25) is 11.8 Å². The first-order chi connectivity index (χ1) is 16.0. The predicted molar refractivity (Wildman–Crippen MR) is 124 cm³/mol. The lowest BCUT2D eigenvalue weighted by Crippen LogP contribution is -2.54. The molecule has 3 N–H and O–H groups in total. The lowest BCUT2D eigenvalue weighted by molar-refractivity contribution is -0.134. The maximum absolute atomic E-state index is 12.5. The Balaban J connectivity index is 1.31. The van der Waals surface area contributed by atoms with Crippen molar-refractivity contribution in [3.05, 3.63) is 18.2 Å². The minimum Gasteiger partial charge on any atom is -0.487 e. The van der Waals surface area contributed by atoms with Crippen molar-refractivity contribution in [3.8, 4) is 5.75 Å². The fraction of sp³-hybridized carbons (Fsp3) is 0.625. The van der Waals surface area contributed by atoms with Gasteiger partial charge in [-0.2, -0.15) is 0 Å². The second kappa shape index (κ2) is 9.11. The van der Waals surface area contributed by atoms with Crippen molar-refractivity contribution in [2.75, 3.05) is 42.6 Å². The highest BCUT2D eigenvalue weighted by molar-refractivity contribution is 6.02. The average Bonchev–Trinajstić information content (AvgIpc) is 2.83. The number of para-hydroxylation sites is 1. The van der Waals surface area contributed by atoms with Gasteiger partial charge in [0.25, 0.3) is 0 Å². The van der Waals surface area contributed by atoms with Crippen molar-refractivity contribution in [1.82, 2.24) is 10.2 Å². The smallest absolute Gasteiger partial charge is 0.315 e. The number of anilines is 2. The summed E-state index contributed by atoms with van der Waals surface area (Å²) >= 11 is 0. The molecule has 1 aromatic rings. The minimum absolute atomic E-state index is 0.200. The molecule has 3 saturated heterocycles. The summed E-state index contributed by atoms with van der Waals surface area (Å²) in [6.07, 6.45) is 6.14. The Hall–Kier alpha value is -2.97. The zero-order valence-corrected chi connectivity index (χ0v) is 19.0. The third-order valence-corrected chi connectivity index (χ3v) is 7.70. The monoisotopic (exact) mass is 455 g/mol. The van der Waals surface area contributed by atoms with Crippen LogP contribution < -0.4 is 25.6 Å². The number of rotatable bonds is 3. The van der Waals surface area contributed by atoms with Gasteiger partial charge in [-0.3, -0.25) is 14.9 Å². The van der Waals surface area contributed by atoms with Gasteiger partial charge >= 0.3 is 6.03 Å². The third kappa shape index (κ3) is 4.20. The number of imide groups is 1. The molecule has 33 heavy (non-hydrogen) atoms. The number of primary amides is 1. The lowest BCUT2D eigenvalue weighted by atomic mass is 9.83. The number of ether oxygens (including phenoxy) is 1. The first-order valence-corrected chi connectivity index (χ1v) is 12.2. The topological polar surface area (TPSA) is 108 Å². The molecule has 9 nitrogen and oxygen atoms in total. The van der Waals surface area contributed by atoms with Crippen LogP contribution in [0.25, 0.3) is 0 Å². The molecule has 4 heterocycles. The van der Waals surface area contributed by atoms with E-state index in [1.807, 2.05) is 17.0 Å². The molecule has 0 bridgehead atoms. The highest BCUT2D eigenvalue weighted by atomic mass is 16.5. The van der Waals surface area contributed by atoms with Gasteiger partial charge in [-0.25, -0.2) is 4.79 Å². The molecule has 5 rings (SSSR count). The van der Waals surface area contributed by atoms with Crippen LogP contribution in [0.5, 0.6) is 5.75 Å². The summed E-state index contributed by atoms with van der Waals surface area (Å²) < 4.78 is 6.13. The Labute approximate surface area is 194 Å². The van der Waals surface area contributed by atoms with Crippen LogP contribution >= 0.6 is 0 Å². The fourth-order valence-corrected chi connectivity index (χ4v) is 6.05. The van der Waals surface area contributed by atoms with Crippen LogP contribution in [0.4, 0.5) is 16.2 Å². The number of benzene rings is 1. The molecule has 2 atom stereocenters. The van der Waals surface area contributed by atoms with Gasteiger partial charge in [0, 0.05) is 32.1 Å². The van der Waals surface area contributed by atoms with Crippen molar-refractivity contribution >= 4 is 29.2 Å². The summed E-state index contributed by atoms with van der Waals surface area (Å²) in [4.78, 5) is 42.4. The number of hydrogen-bond acceptors (Lipinski definition) is 6. The van der Waals surface area contributed by atoms with E-state index in [2.05, 4.69) is 21.2 Å². The number of piperidine rings is 3. The summed E-state index contributed by atoms with van der Waals surface area (Å²) in [5.41, 5.74) is 7.63. The molecule has 0 radical (unpaired) electrons. The number of carbonyl (C=O) groups excluding carboxylic acids is 3. The molecule has 0 spiro atoms. The van der Waals surface area contributed by atoms with Crippen LogP contribution in [-0.4, -0.2) is 67.6 Å². The largest absolute Gasteiger partial charge is 0.487 e. The van der Waals surface area contributed by atoms with Crippen LogP contribution in [0.15, 0.2) is 18.2 Å². The summed E-state index contributed by atoms with van der Waals surface area (Å²) in [5, 5.41) is 2.48. The molecule has 4 aliphatic rings. The van der Waals surface area contributed by atoms with E-state index in [1.54, 1.807) is 0 Å². The summed E-state index contributed by atoms with van der Waals surface area (Å²) in [5.74, 6) is 0.865. The van der Waals surface area contributed by atoms with E-state index in [1.165, 1.54) is 0 Å². The quantitative estimate of drug-likeness (QED) is 0.674. The highest BCUT2D eigenvalue weighted by Gasteiger charge is 2.37. The van der Waals surface area contributed by atoms with Gasteiger partial charge in [-0.15, -0.1) is 0 Å². The molecule has 4 amide bonds. The van der Waals surface area contributed by atoms with Crippen LogP contribution in [-0.2, 0) is 9.59 Å². The van der Waals surface area contributed by atoms with E-state index in [0.717, 1.165) is 68.9 Å². The second-order valence-electron chi connectivity index (χ2n) is 9.55. The first kappa shape index (κ1) is 21.9. The van der Waals surface area contributed by atoms with Gasteiger partial charge in [0.1, 0.15) is 12.6 Å². The van der Waals surface area contributed by atoms with Gasteiger partial charge in [0.05, 0.1) is 17.9 Å². The maximum Gasteiger partial charge on any atom is 0.315 e. The number of nitrogens with zero attached hydrogens (tertiary/aromatic N) is 3. The predicted octanol–water partition coefficient (Wildman–Crippen LogP) is 1.84. The number of carbonyl (C=O) groups is 3. The maximum atomic E-state index is 12.5. The van der Waals surface area contributed by atoms with Gasteiger partial charge < -0.3 is 25.2 Å². The molecule has 9 heteroatoms. The normalized spacial score (nSPS) is 26.5. The molecule has 3 fully saturated rings. The van der Waals surface area contributed by atoms with Crippen molar-refractivity contribution in [3.63, 3.8) is 0 Å². The standard InChI is InChI=1S/C24H33N5O4/c25-24(32)29-11-2-1-4-17(29)16-9-12-27(13-10-16)18-5-3-6-19-22(18)33-15-14-28(19)20-7-8-21(30)26-23(20)31/h3,5-6,16-17,20H,1-2,4,7-15H2,(H2,25,32)(H,26,30,31)/t17?,20-/m0/s1. The average molecular weight is 456 g/mol. The SMILES string of the molecule is NC(=O)N1CCCCC1C1CCN(c2cccc3c2OCCN3[C@H]2CCC(=O)NC2=O)CC1. The molecule has 178 valence electrons. The number of amides is 4. The first-order valence-electron chi connectivity index (χ1n) is 12.2. The van der Waals surface area contributed by atoms with Gasteiger partial charge in [-0.05, 0) is 56.6 Å². The van der Waals surface area contributed by atoms with Crippen LogP contribution in [0, 0.1) is 5.92 Å². The minimum atomic E-state index is -0.350. The Kier molecular flexibility index (Phi) is 6.03. The Morgan fingerprint density at radius 3 is 2.55 bits per heavy atom. The highest BCUT2D eigenvalue weighted by Crippen LogP contribution is 2.43. The number of urea groups is 1. The lowest BCUT2D eigenvalue weighted by Gasteiger charge is -2.44. The molecule has 0 saturated carbocycles. The van der Waals surface area contributed by atoms with E-state index in [0.29, 0.717) is 31.9 Å². The fourth-order valence-electron chi connectivity index (χ4n) is 6.05. The molecule has 1 aromatic carbocycles. The van der Waals surface area contributed by atoms with Crippen LogP contribution in [0.3, 0.4) is 0 Å². The van der Waals surface area contributed by atoms with Gasteiger partial charge in [-0.1, -0.05) is 6.07 Å². The number of likely N-dealkylation sites (tertiary alicyclic amines) is 1. The van der Waals surface area contributed by atoms with Crippen molar-refractivity contribution in [2.24, 2.45) is 11.7 Å². The molecule has 4 aliphatic heterocycles. The Morgan fingerprint density at radius 1 is 1.00 bits per heavy atom. The van der Waals surface area contributed by atoms with E-state index in [4.69, 9.17) is 10.5 Å². The van der Waals surface area contributed by atoms with E-state index in [9.17, 15) is 14.4 Å². The van der Waals surface area contributed by atoms with Crippen molar-refractivity contribution in [2.45, 2.75) is 57.0 Å². The number of hydrogen-bond donors (Lipinski definition) is 2. The van der Waals surface area contributed by atoms with Crippen molar-refractivity contribution in [1.29, 1.82) is 0 Å².